The van der Waals surface area contributed by atoms with Crippen LogP contribution in [0.4, 0.5) is 0 Å². The van der Waals surface area contributed by atoms with Crippen molar-refractivity contribution in [3.05, 3.63) is 0 Å². The minimum absolute atomic E-state index is 0.0694. The number of hydrogen-bond donors (Lipinski definition) is 1. The van der Waals surface area contributed by atoms with Crippen molar-refractivity contribution in [1.82, 2.24) is 4.90 Å². The lowest BCUT2D eigenvalue weighted by atomic mass is 9.88. The van der Waals surface area contributed by atoms with Crippen LogP contribution in [0.1, 0.15) is 40.5 Å². The largest absolute Gasteiger partial charge is 0.481 e. The predicted molar refractivity (Wildman–Crippen MR) is 61.0 cm³/mol. The molecule has 4 heteroatoms. The highest BCUT2D eigenvalue weighted by atomic mass is 16.4. The molecule has 0 aromatic heterocycles. The van der Waals surface area contributed by atoms with Crippen molar-refractivity contribution < 1.29 is 14.7 Å². The molecular formula is C12H21NO3. The standard InChI is InChI=1S/C12H21NO3/c1-5-11(2,3)9(14)13-7-6-12(4,8-13)10(15)16/h5-8H2,1-4H3,(H,15,16). The van der Waals surface area contributed by atoms with E-state index in [0.29, 0.717) is 19.5 Å². The molecule has 1 amide bonds. The van der Waals surface area contributed by atoms with E-state index in [1.165, 1.54) is 0 Å². The monoisotopic (exact) mass is 227 g/mol. The molecule has 0 bridgehead atoms. The summed E-state index contributed by atoms with van der Waals surface area (Å²) < 4.78 is 0. The van der Waals surface area contributed by atoms with Gasteiger partial charge in [-0.1, -0.05) is 20.8 Å². The number of aliphatic carboxylic acids is 1. The molecular weight excluding hydrogens is 206 g/mol. The smallest absolute Gasteiger partial charge is 0.311 e. The summed E-state index contributed by atoms with van der Waals surface area (Å²) in [5.41, 5.74) is -1.15. The van der Waals surface area contributed by atoms with Gasteiger partial charge in [-0.3, -0.25) is 9.59 Å². The lowest BCUT2D eigenvalue weighted by Gasteiger charge is -2.29. The van der Waals surface area contributed by atoms with Crippen molar-refractivity contribution in [1.29, 1.82) is 0 Å². The van der Waals surface area contributed by atoms with Crippen LogP contribution >= 0.6 is 0 Å². The normalized spacial score (nSPS) is 25.9. The van der Waals surface area contributed by atoms with Gasteiger partial charge in [0.15, 0.2) is 0 Å². The molecule has 1 N–H and O–H groups in total. The minimum Gasteiger partial charge on any atom is -0.481 e. The molecule has 1 fully saturated rings. The van der Waals surface area contributed by atoms with Crippen LogP contribution in [0, 0.1) is 10.8 Å². The Hall–Kier alpha value is -1.06. The van der Waals surface area contributed by atoms with Gasteiger partial charge in [-0.15, -0.1) is 0 Å². The third-order valence-corrected chi connectivity index (χ3v) is 3.74. The molecule has 0 aromatic rings. The third-order valence-electron chi connectivity index (χ3n) is 3.74. The molecule has 1 aliphatic rings. The highest BCUT2D eigenvalue weighted by Gasteiger charge is 2.44. The van der Waals surface area contributed by atoms with Crippen LogP contribution in [0.5, 0.6) is 0 Å². The van der Waals surface area contributed by atoms with Gasteiger partial charge < -0.3 is 10.0 Å². The van der Waals surface area contributed by atoms with E-state index < -0.39 is 11.4 Å². The molecule has 0 spiro atoms. The number of hydrogen-bond acceptors (Lipinski definition) is 2. The van der Waals surface area contributed by atoms with E-state index in [9.17, 15) is 9.59 Å². The summed E-state index contributed by atoms with van der Waals surface area (Å²) in [4.78, 5) is 24.9. The SMILES string of the molecule is CCC(C)(C)C(=O)N1CCC(C)(C(=O)O)C1. The zero-order chi connectivity index (χ0) is 12.6. The Balaban J connectivity index is 2.74. The van der Waals surface area contributed by atoms with E-state index in [0.717, 1.165) is 6.42 Å². The molecule has 1 saturated heterocycles. The summed E-state index contributed by atoms with van der Waals surface area (Å²) in [6.07, 6.45) is 1.32. The van der Waals surface area contributed by atoms with E-state index in [1.54, 1.807) is 11.8 Å². The van der Waals surface area contributed by atoms with Crippen molar-refractivity contribution in [2.24, 2.45) is 10.8 Å². The molecule has 92 valence electrons. The van der Waals surface area contributed by atoms with Crippen LogP contribution in [-0.2, 0) is 9.59 Å². The van der Waals surface area contributed by atoms with Gasteiger partial charge in [0.2, 0.25) is 5.91 Å². The molecule has 0 saturated carbocycles. The summed E-state index contributed by atoms with van der Waals surface area (Å²) in [6.45, 7) is 8.40. The number of carboxylic acid groups (broad SMARTS) is 1. The second-order valence-electron chi connectivity index (χ2n) is 5.58. The molecule has 4 nitrogen and oxygen atoms in total. The first-order valence-electron chi connectivity index (χ1n) is 5.76. The van der Waals surface area contributed by atoms with Gasteiger partial charge in [0.05, 0.1) is 5.41 Å². The molecule has 1 rings (SSSR count). The van der Waals surface area contributed by atoms with Crippen molar-refractivity contribution >= 4 is 11.9 Å². The number of rotatable bonds is 3. The third kappa shape index (κ3) is 2.20. The first kappa shape index (κ1) is 13.0. The zero-order valence-electron chi connectivity index (χ0n) is 10.5. The molecule has 0 aliphatic carbocycles. The van der Waals surface area contributed by atoms with Gasteiger partial charge in [-0.05, 0) is 19.8 Å². The summed E-state index contributed by atoms with van der Waals surface area (Å²) in [7, 11) is 0. The molecule has 0 radical (unpaired) electrons. The lowest BCUT2D eigenvalue weighted by Crippen LogP contribution is -2.41. The molecule has 1 aliphatic heterocycles. The summed E-state index contributed by atoms with van der Waals surface area (Å²) in [5, 5.41) is 9.09. The van der Waals surface area contributed by atoms with Gasteiger partial charge in [0.25, 0.3) is 0 Å². The average molecular weight is 227 g/mol. The van der Waals surface area contributed by atoms with Crippen molar-refractivity contribution in [2.75, 3.05) is 13.1 Å². The van der Waals surface area contributed by atoms with Gasteiger partial charge in [-0.25, -0.2) is 0 Å². The first-order chi connectivity index (χ1) is 7.23. The van der Waals surface area contributed by atoms with E-state index >= 15 is 0 Å². The Kier molecular flexibility index (Phi) is 3.31. The average Bonchev–Trinajstić information content (AvgIpc) is 2.61. The van der Waals surface area contributed by atoms with Gasteiger partial charge in [-0.2, -0.15) is 0 Å². The number of nitrogens with zero attached hydrogens (tertiary/aromatic N) is 1. The highest BCUT2D eigenvalue weighted by molar-refractivity contribution is 5.84. The van der Waals surface area contributed by atoms with Crippen molar-refractivity contribution in [3.8, 4) is 0 Å². The second-order valence-corrected chi connectivity index (χ2v) is 5.58. The lowest BCUT2D eigenvalue weighted by molar-refractivity contribution is -0.148. The van der Waals surface area contributed by atoms with Crippen LogP contribution in [-0.4, -0.2) is 35.0 Å². The topological polar surface area (TPSA) is 57.6 Å². The van der Waals surface area contributed by atoms with Gasteiger partial charge in [0.1, 0.15) is 0 Å². The van der Waals surface area contributed by atoms with E-state index in [-0.39, 0.29) is 11.3 Å². The van der Waals surface area contributed by atoms with E-state index in [4.69, 9.17) is 5.11 Å². The Morgan fingerprint density at radius 3 is 2.38 bits per heavy atom. The summed E-state index contributed by atoms with van der Waals surface area (Å²) >= 11 is 0. The number of carbonyl (C=O) groups is 2. The maximum absolute atomic E-state index is 12.1. The molecule has 1 heterocycles. The predicted octanol–water partition coefficient (Wildman–Crippen LogP) is 1.75. The second kappa shape index (κ2) is 4.07. The number of carbonyl (C=O) groups excluding carboxylic acids is 1. The summed E-state index contributed by atoms with van der Waals surface area (Å²) in [6, 6.07) is 0. The Labute approximate surface area is 96.6 Å². The van der Waals surface area contributed by atoms with Crippen LogP contribution in [0.3, 0.4) is 0 Å². The zero-order valence-corrected chi connectivity index (χ0v) is 10.5. The number of carboxylic acids is 1. The quantitative estimate of drug-likeness (QED) is 0.799. The van der Waals surface area contributed by atoms with E-state index in [1.807, 2.05) is 20.8 Å². The van der Waals surface area contributed by atoms with E-state index in [2.05, 4.69) is 0 Å². The first-order valence-corrected chi connectivity index (χ1v) is 5.76. The van der Waals surface area contributed by atoms with Crippen LogP contribution in [0.2, 0.25) is 0 Å². The number of amides is 1. The maximum Gasteiger partial charge on any atom is 0.311 e. The maximum atomic E-state index is 12.1. The van der Waals surface area contributed by atoms with Crippen LogP contribution < -0.4 is 0 Å². The fourth-order valence-electron chi connectivity index (χ4n) is 1.89. The molecule has 16 heavy (non-hydrogen) atoms. The molecule has 1 unspecified atom stereocenters. The van der Waals surface area contributed by atoms with Crippen molar-refractivity contribution in [2.45, 2.75) is 40.5 Å². The minimum atomic E-state index is -0.808. The Morgan fingerprint density at radius 2 is 2.00 bits per heavy atom. The number of likely N-dealkylation sites (tertiary alicyclic amines) is 1. The fourth-order valence-corrected chi connectivity index (χ4v) is 1.89. The Bertz CT molecular complexity index is 311. The fraction of sp³-hybridized carbons (Fsp3) is 0.833. The van der Waals surface area contributed by atoms with Crippen LogP contribution in [0.15, 0.2) is 0 Å². The van der Waals surface area contributed by atoms with Gasteiger partial charge >= 0.3 is 5.97 Å². The van der Waals surface area contributed by atoms with Gasteiger partial charge in [0, 0.05) is 18.5 Å². The van der Waals surface area contributed by atoms with Crippen LogP contribution in [0.25, 0.3) is 0 Å². The summed E-state index contributed by atoms with van der Waals surface area (Å²) in [5.74, 6) is -0.739. The van der Waals surface area contributed by atoms with Crippen molar-refractivity contribution in [3.63, 3.8) is 0 Å². The highest BCUT2D eigenvalue weighted by Crippen LogP contribution is 2.33. The molecule has 0 aromatic carbocycles. The Morgan fingerprint density at radius 1 is 1.44 bits per heavy atom. The molecule has 1 atom stereocenters.